The zero-order chi connectivity index (χ0) is 13.7. The Morgan fingerprint density at radius 1 is 1.26 bits per heavy atom. The van der Waals surface area contributed by atoms with Gasteiger partial charge in [0.15, 0.2) is 11.5 Å². The van der Waals surface area contributed by atoms with E-state index >= 15 is 0 Å². The van der Waals surface area contributed by atoms with Crippen LogP contribution < -0.4 is 14.8 Å². The molecule has 19 heavy (non-hydrogen) atoms. The van der Waals surface area contributed by atoms with Gasteiger partial charge in [-0.25, -0.2) is 0 Å². The highest BCUT2D eigenvalue weighted by atomic mass is 16.5. The van der Waals surface area contributed by atoms with Crippen LogP contribution in [0.4, 0.5) is 0 Å². The fourth-order valence-electron chi connectivity index (χ4n) is 2.46. The van der Waals surface area contributed by atoms with Crippen molar-refractivity contribution in [2.75, 3.05) is 19.8 Å². The molecule has 0 saturated carbocycles. The van der Waals surface area contributed by atoms with Gasteiger partial charge in [0.1, 0.15) is 0 Å². The Balaban J connectivity index is 2.39. The molecule has 1 aliphatic heterocycles. The van der Waals surface area contributed by atoms with E-state index in [2.05, 4.69) is 17.5 Å². The van der Waals surface area contributed by atoms with E-state index in [1.54, 1.807) is 0 Å². The molecule has 102 valence electrons. The largest absolute Gasteiger partial charge is 0.490 e. The van der Waals surface area contributed by atoms with Crippen molar-refractivity contribution < 1.29 is 9.47 Å². The van der Waals surface area contributed by atoms with Gasteiger partial charge in [-0.15, -0.1) is 0 Å². The van der Waals surface area contributed by atoms with E-state index in [1.807, 2.05) is 19.9 Å². The Bertz CT molecular complexity index is 480. The SMILES string of the molecule is CCOc1cc2c(cc1OCC)[C@H](CC#N)NCC2. The molecule has 0 saturated heterocycles. The molecule has 1 aromatic rings. The molecule has 0 unspecified atom stereocenters. The van der Waals surface area contributed by atoms with Gasteiger partial charge < -0.3 is 14.8 Å². The van der Waals surface area contributed by atoms with E-state index in [9.17, 15) is 0 Å². The lowest BCUT2D eigenvalue weighted by Gasteiger charge is -2.26. The lowest BCUT2D eigenvalue weighted by Crippen LogP contribution is -2.29. The summed E-state index contributed by atoms with van der Waals surface area (Å²) in [5.41, 5.74) is 2.42. The zero-order valence-electron chi connectivity index (χ0n) is 11.5. The molecule has 0 fully saturated rings. The molecule has 2 rings (SSSR count). The van der Waals surface area contributed by atoms with Crippen molar-refractivity contribution in [3.05, 3.63) is 23.3 Å². The van der Waals surface area contributed by atoms with Crippen LogP contribution in [0.25, 0.3) is 0 Å². The minimum atomic E-state index is 0.101. The van der Waals surface area contributed by atoms with Gasteiger partial charge in [0.2, 0.25) is 0 Å². The zero-order valence-corrected chi connectivity index (χ0v) is 11.5. The molecule has 4 heteroatoms. The summed E-state index contributed by atoms with van der Waals surface area (Å²) in [5, 5.41) is 12.3. The Morgan fingerprint density at radius 3 is 2.58 bits per heavy atom. The molecule has 0 spiro atoms. The summed E-state index contributed by atoms with van der Waals surface area (Å²) in [6.07, 6.45) is 1.44. The summed E-state index contributed by atoms with van der Waals surface area (Å²) in [7, 11) is 0. The van der Waals surface area contributed by atoms with Crippen LogP contribution in [0.5, 0.6) is 11.5 Å². The second kappa shape index (κ2) is 6.44. The maximum absolute atomic E-state index is 8.91. The van der Waals surface area contributed by atoms with Crippen LogP contribution in [0.15, 0.2) is 12.1 Å². The third-order valence-corrected chi connectivity index (χ3v) is 3.26. The molecule has 1 atom stereocenters. The minimum Gasteiger partial charge on any atom is -0.490 e. The van der Waals surface area contributed by atoms with Gasteiger partial charge in [0.25, 0.3) is 0 Å². The average Bonchev–Trinajstić information content (AvgIpc) is 2.41. The number of fused-ring (bicyclic) bond motifs is 1. The number of nitriles is 1. The molecular formula is C15H20N2O2. The average molecular weight is 260 g/mol. The first-order valence-electron chi connectivity index (χ1n) is 6.82. The van der Waals surface area contributed by atoms with Crippen molar-refractivity contribution in [1.82, 2.24) is 5.32 Å². The topological polar surface area (TPSA) is 54.3 Å². The second-order valence-corrected chi connectivity index (χ2v) is 4.48. The summed E-state index contributed by atoms with van der Waals surface area (Å²) in [6.45, 7) is 6.06. The summed E-state index contributed by atoms with van der Waals surface area (Å²) >= 11 is 0. The first-order chi connectivity index (χ1) is 9.30. The molecule has 1 heterocycles. The van der Waals surface area contributed by atoms with Gasteiger partial charge in [0.05, 0.1) is 25.7 Å². The molecule has 1 N–H and O–H groups in total. The van der Waals surface area contributed by atoms with Crippen molar-refractivity contribution in [2.24, 2.45) is 0 Å². The predicted octanol–water partition coefficient (Wildman–Crippen LogP) is 2.58. The van der Waals surface area contributed by atoms with Gasteiger partial charge in [-0.3, -0.25) is 0 Å². The molecule has 4 nitrogen and oxygen atoms in total. The normalized spacial score (nSPS) is 17.4. The quantitative estimate of drug-likeness (QED) is 0.884. The number of hydrogen-bond donors (Lipinski definition) is 1. The van der Waals surface area contributed by atoms with Crippen molar-refractivity contribution in [3.63, 3.8) is 0 Å². The van der Waals surface area contributed by atoms with E-state index in [-0.39, 0.29) is 6.04 Å². The Hall–Kier alpha value is -1.73. The first kappa shape index (κ1) is 13.7. The van der Waals surface area contributed by atoms with Gasteiger partial charge in [-0.2, -0.15) is 5.26 Å². The summed E-state index contributed by atoms with van der Waals surface area (Å²) < 4.78 is 11.3. The summed E-state index contributed by atoms with van der Waals surface area (Å²) in [5.74, 6) is 1.58. The number of nitrogens with one attached hydrogen (secondary N) is 1. The highest BCUT2D eigenvalue weighted by Crippen LogP contribution is 2.36. The van der Waals surface area contributed by atoms with Crippen LogP contribution in [0, 0.1) is 11.3 Å². The highest BCUT2D eigenvalue weighted by Gasteiger charge is 2.22. The number of rotatable bonds is 5. The number of ether oxygens (including phenoxy) is 2. The summed E-state index contributed by atoms with van der Waals surface area (Å²) in [6, 6.07) is 6.43. The molecule has 0 amide bonds. The lowest BCUT2D eigenvalue weighted by molar-refractivity contribution is 0.286. The van der Waals surface area contributed by atoms with Crippen molar-refractivity contribution in [2.45, 2.75) is 32.7 Å². The molecule has 0 aliphatic carbocycles. The fourth-order valence-corrected chi connectivity index (χ4v) is 2.46. The molecular weight excluding hydrogens is 240 g/mol. The molecule has 0 radical (unpaired) electrons. The summed E-state index contributed by atoms with van der Waals surface area (Å²) in [4.78, 5) is 0. The number of hydrogen-bond acceptors (Lipinski definition) is 4. The number of nitrogens with zero attached hydrogens (tertiary/aromatic N) is 1. The third kappa shape index (κ3) is 2.99. The Kier molecular flexibility index (Phi) is 4.64. The Morgan fingerprint density at radius 2 is 1.95 bits per heavy atom. The standard InChI is InChI=1S/C15H20N2O2/c1-3-18-14-9-11-6-8-17-13(5-7-16)12(11)10-15(14)19-4-2/h9-10,13,17H,3-6,8H2,1-2H3/t13-/m0/s1. The van der Waals surface area contributed by atoms with E-state index in [0.717, 1.165) is 24.5 Å². The minimum absolute atomic E-state index is 0.101. The molecule has 1 aromatic carbocycles. The Labute approximate surface area is 114 Å². The van der Waals surface area contributed by atoms with E-state index in [0.29, 0.717) is 19.6 Å². The second-order valence-electron chi connectivity index (χ2n) is 4.48. The smallest absolute Gasteiger partial charge is 0.161 e. The van der Waals surface area contributed by atoms with Crippen LogP contribution >= 0.6 is 0 Å². The van der Waals surface area contributed by atoms with Crippen molar-refractivity contribution >= 4 is 0 Å². The van der Waals surface area contributed by atoms with Crippen molar-refractivity contribution in [3.8, 4) is 17.6 Å². The lowest BCUT2D eigenvalue weighted by atomic mass is 9.92. The van der Waals surface area contributed by atoms with Crippen LogP contribution in [-0.2, 0) is 6.42 Å². The fraction of sp³-hybridized carbons (Fsp3) is 0.533. The number of benzene rings is 1. The van der Waals surface area contributed by atoms with Crippen LogP contribution in [-0.4, -0.2) is 19.8 Å². The van der Waals surface area contributed by atoms with Gasteiger partial charge >= 0.3 is 0 Å². The maximum atomic E-state index is 8.91. The van der Waals surface area contributed by atoms with E-state index in [1.165, 1.54) is 11.1 Å². The van der Waals surface area contributed by atoms with E-state index < -0.39 is 0 Å². The molecule has 1 aliphatic rings. The van der Waals surface area contributed by atoms with E-state index in [4.69, 9.17) is 14.7 Å². The van der Waals surface area contributed by atoms with Gasteiger partial charge in [-0.1, -0.05) is 0 Å². The van der Waals surface area contributed by atoms with Crippen LogP contribution in [0.3, 0.4) is 0 Å². The van der Waals surface area contributed by atoms with Gasteiger partial charge in [-0.05, 0) is 50.1 Å². The predicted molar refractivity (Wildman–Crippen MR) is 73.5 cm³/mol. The third-order valence-electron chi connectivity index (χ3n) is 3.26. The van der Waals surface area contributed by atoms with Crippen LogP contribution in [0.2, 0.25) is 0 Å². The van der Waals surface area contributed by atoms with Crippen molar-refractivity contribution in [1.29, 1.82) is 5.26 Å². The van der Waals surface area contributed by atoms with Gasteiger partial charge in [0, 0.05) is 6.04 Å². The highest BCUT2D eigenvalue weighted by molar-refractivity contribution is 5.49. The van der Waals surface area contributed by atoms with Crippen LogP contribution in [0.1, 0.15) is 37.4 Å². The monoisotopic (exact) mass is 260 g/mol. The molecule has 0 aromatic heterocycles. The molecule has 0 bridgehead atoms. The first-order valence-corrected chi connectivity index (χ1v) is 6.82. The maximum Gasteiger partial charge on any atom is 0.161 e.